The van der Waals surface area contributed by atoms with Crippen molar-refractivity contribution in [1.82, 2.24) is 10.2 Å². The Labute approximate surface area is 130 Å². The Morgan fingerprint density at radius 3 is 2.35 bits per heavy atom. The maximum absolute atomic E-state index is 14.0. The van der Waals surface area contributed by atoms with Gasteiger partial charge in [-0.1, -0.05) is 29.8 Å². The molecule has 1 rings (SSSR count). The van der Waals surface area contributed by atoms with E-state index in [-0.39, 0.29) is 17.4 Å². The molecule has 0 fully saturated rings. The third-order valence-corrected chi connectivity index (χ3v) is 5.04. The van der Waals surface area contributed by atoms with Crippen molar-refractivity contribution in [1.29, 1.82) is 0 Å². The highest BCUT2D eigenvalue weighted by Crippen LogP contribution is 2.29. The molecular formula is C16H26BrFN2. The van der Waals surface area contributed by atoms with Gasteiger partial charge in [-0.3, -0.25) is 0 Å². The van der Waals surface area contributed by atoms with Gasteiger partial charge in [0.25, 0.3) is 0 Å². The summed E-state index contributed by atoms with van der Waals surface area (Å²) in [6.45, 7) is 4.40. The quantitative estimate of drug-likeness (QED) is 0.808. The molecule has 1 aromatic rings. The normalized spacial score (nSPS) is 13.8. The van der Waals surface area contributed by atoms with Crippen LogP contribution in [0.2, 0.25) is 0 Å². The Hall–Kier alpha value is -0.450. The molecule has 0 bridgehead atoms. The lowest BCUT2D eigenvalue weighted by Gasteiger charge is -2.45. The molecule has 0 aliphatic carbocycles. The van der Waals surface area contributed by atoms with Crippen molar-refractivity contribution in [2.75, 3.05) is 21.1 Å². The molecule has 0 amide bonds. The van der Waals surface area contributed by atoms with Crippen molar-refractivity contribution in [3.63, 3.8) is 0 Å². The first-order valence-electron chi connectivity index (χ1n) is 7.19. The highest BCUT2D eigenvalue weighted by atomic mass is 79.9. The Bertz CT molecular complexity index is 430. The Kier molecular flexibility index (Phi) is 6.62. The average Bonchev–Trinajstić information content (AvgIpc) is 2.42. The zero-order valence-corrected chi connectivity index (χ0v) is 14.7. The SMILES string of the molecule is CCC(CC)(C(Cc1cc(Br)ccc1F)NC)N(C)C. The Balaban J connectivity index is 3.09. The molecular weight excluding hydrogens is 319 g/mol. The summed E-state index contributed by atoms with van der Waals surface area (Å²) in [6, 6.07) is 5.36. The Morgan fingerprint density at radius 1 is 1.30 bits per heavy atom. The second kappa shape index (κ2) is 7.53. The molecule has 0 saturated carbocycles. The molecule has 0 spiro atoms. The largest absolute Gasteiger partial charge is 0.315 e. The second-order valence-corrected chi connectivity index (χ2v) is 6.40. The maximum atomic E-state index is 14.0. The summed E-state index contributed by atoms with van der Waals surface area (Å²) >= 11 is 3.42. The van der Waals surface area contributed by atoms with Crippen LogP contribution in [-0.4, -0.2) is 37.6 Å². The minimum Gasteiger partial charge on any atom is -0.315 e. The number of hydrogen-bond acceptors (Lipinski definition) is 2. The zero-order valence-electron chi connectivity index (χ0n) is 13.1. The van der Waals surface area contributed by atoms with Gasteiger partial charge in [-0.15, -0.1) is 0 Å². The standard InChI is InChI=1S/C16H26BrFN2/c1-6-16(7-2,20(4)5)15(19-3)11-12-10-13(17)8-9-14(12)18/h8-10,15,19H,6-7,11H2,1-5H3. The van der Waals surface area contributed by atoms with E-state index in [2.05, 4.69) is 54.1 Å². The van der Waals surface area contributed by atoms with E-state index < -0.39 is 0 Å². The van der Waals surface area contributed by atoms with Crippen LogP contribution in [0.4, 0.5) is 4.39 Å². The first kappa shape index (κ1) is 17.6. The molecule has 2 nitrogen and oxygen atoms in total. The smallest absolute Gasteiger partial charge is 0.126 e. The van der Waals surface area contributed by atoms with Gasteiger partial charge in [-0.2, -0.15) is 0 Å². The van der Waals surface area contributed by atoms with Crippen molar-refractivity contribution in [2.45, 2.75) is 44.7 Å². The number of nitrogens with zero attached hydrogens (tertiary/aromatic N) is 1. The number of benzene rings is 1. The number of rotatable bonds is 7. The first-order chi connectivity index (χ1) is 9.41. The van der Waals surface area contributed by atoms with E-state index in [1.807, 2.05) is 13.1 Å². The van der Waals surface area contributed by atoms with Crippen LogP contribution in [0.25, 0.3) is 0 Å². The molecule has 0 aliphatic heterocycles. The van der Waals surface area contributed by atoms with Crippen LogP contribution in [0, 0.1) is 5.82 Å². The van der Waals surface area contributed by atoms with Crippen molar-refractivity contribution in [2.24, 2.45) is 0 Å². The van der Waals surface area contributed by atoms with Gasteiger partial charge < -0.3 is 10.2 Å². The van der Waals surface area contributed by atoms with Crippen LogP contribution in [0.5, 0.6) is 0 Å². The van der Waals surface area contributed by atoms with Gasteiger partial charge in [0.15, 0.2) is 0 Å². The highest BCUT2D eigenvalue weighted by Gasteiger charge is 2.37. The summed E-state index contributed by atoms with van der Waals surface area (Å²) < 4.78 is 14.9. The number of likely N-dealkylation sites (N-methyl/N-ethyl adjacent to an activating group) is 2. The molecule has 0 saturated heterocycles. The van der Waals surface area contributed by atoms with Gasteiger partial charge in [0, 0.05) is 16.1 Å². The molecule has 20 heavy (non-hydrogen) atoms. The molecule has 0 heterocycles. The molecule has 0 radical (unpaired) electrons. The zero-order chi connectivity index (χ0) is 15.3. The highest BCUT2D eigenvalue weighted by molar-refractivity contribution is 9.10. The third kappa shape index (κ3) is 3.60. The lowest BCUT2D eigenvalue weighted by Crippen LogP contribution is -2.58. The molecule has 0 aliphatic rings. The van der Waals surface area contributed by atoms with Gasteiger partial charge in [-0.25, -0.2) is 4.39 Å². The second-order valence-electron chi connectivity index (χ2n) is 5.49. The molecule has 4 heteroatoms. The topological polar surface area (TPSA) is 15.3 Å². The van der Waals surface area contributed by atoms with E-state index in [4.69, 9.17) is 0 Å². The summed E-state index contributed by atoms with van der Waals surface area (Å²) in [7, 11) is 6.17. The maximum Gasteiger partial charge on any atom is 0.126 e. The monoisotopic (exact) mass is 344 g/mol. The summed E-state index contributed by atoms with van der Waals surface area (Å²) in [5.41, 5.74) is 0.788. The average molecular weight is 345 g/mol. The van der Waals surface area contributed by atoms with E-state index in [1.165, 1.54) is 6.07 Å². The van der Waals surface area contributed by atoms with Crippen molar-refractivity contribution >= 4 is 15.9 Å². The van der Waals surface area contributed by atoms with Crippen LogP contribution >= 0.6 is 15.9 Å². The predicted molar refractivity (Wildman–Crippen MR) is 87.7 cm³/mol. The summed E-state index contributed by atoms with van der Waals surface area (Å²) in [5.74, 6) is -0.131. The van der Waals surface area contributed by atoms with Gasteiger partial charge in [0.2, 0.25) is 0 Å². The number of nitrogens with one attached hydrogen (secondary N) is 1. The van der Waals surface area contributed by atoms with E-state index in [0.717, 1.165) is 22.9 Å². The van der Waals surface area contributed by atoms with Crippen molar-refractivity contribution in [3.05, 3.63) is 34.1 Å². The Morgan fingerprint density at radius 2 is 1.90 bits per heavy atom. The molecule has 1 atom stereocenters. The van der Waals surface area contributed by atoms with Gasteiger partial charge >= 0.3 is 0 Å². The van der Waals surface area contributed by atoms with Crippen molar-refractivity contribution < 1.29 is 4.39 Å². The molecule has 0 aromatic heterocycles. The van der Waals surface area contributed by atoms with Crippen LogP contribution in [-0.2, 0) is 6.42 Å². The summed E-state index contributed by atoms with van der Waals surface area (Å²) in [4.78, 5) is 2.27. The van der Waals surface area contributed by atoms with E-state index in [9.17, 15) is 4.39 Å². The van der Waals surface area contributed by atoms with E-state index in [1.54, 1.807) is 6.07 Å². The number of halogens is 2. The predicted octanol–water partition coefficient (Wildman–Crippen LogP) is 3.84. The van der Waals surface area contributed by atoms with Gasteiger partial charge in [-0.05, 0) is 64.2 Å². The molecule has 1 aromatic carbocycles. The van der Waals surface area contributed by atoms with E-state index in [0.29, 0.717) is 6.42 Å². The fourth-order valence-corrected chi connectivity index (χ4v) is 3.58. The van der Waals surface area contributed by atoms with Crippen LogP contribution in [0.1, 0.15) is 32.3 Å². The lowest BCUT2D eigenvalue weighted by atomic mass is 9.80. The van der Waals surface area contributed by atoms with Gasteiger partial charge in [0.1, 0.15) is 5.82 Å². The molecule has 1 N–H and O–H groups in total. The third-order valence-electron chi connectivity index (χ3n) is 4.54. The number of hydrogen-bond donors (Lipinski definition) is 1. The summed E-state index contributed by atoms with van der Waals surface area (Å²) in [5, 5.41) is 3.40. The van der Waals surface area contributed by atoms with Crippen molar-refractivity contribution in [3.8, 4) is 0 Å². The lowest BCUT2D eigenvalue weighted by molar-refractivity contribution is 0.0914. The van der Waals surface area contributed by atoms with Crippen LogP contribution in [0.3, 0.4) is 0 Å². The minimum absolute atomic E-state index is 0.0313. The van der Waals surface area contributed by atoms with Gasteiger partial charge in [0.05, 0.1) is 0 Å². The van der Waals surface area contributed by atoms with Crippen LogP contribution in [0.15, 0.2) is 22.7 Å². The summed E-state index contributed by atoms with van der Waals surface area (Å²) in [6.07, 6.45) is 2.73. The molecule has 1 unspecified atom stereocenters. The first-order valence-corrected chi connectivity index (χ1v) is 7.99. The minimum atomic E-state index is -0.131. The van der Waals surface area contributed by atoms with Crippen LogP contribution < -0.4 is 5.32 Å². The molecule has 114 valence electrons. The fraction of sp³-hybridized carbons (Fsp3) is 0.625. The fourth-order valence-electron chi connectivity index (χ4n) is 3.17. The van der Waals surface area contributed by atoms with E-state index >= 15 is 0 Å².